The molecule has 1 aliphatic heterocycles. The van der Waals surface area contributed by atoms with Gasteiger partial charge in [0.05, 0.1) is 0 Å². The molecule has 7 heteroatoms. The van der Waals surface area contributed by atoms with Crippen LogP contribution in [0.3, 0.4) is 0 Å². The molecule has 1 aromatic heterocycles. The van der Waals surface area contributed by atoms with Gasteiger partial charge < -0.3 is 14.6 Å². The van der Waals surface area contributed by atoms with E-state index < -0.39 is 11.6 Å². The molecule has 3 aromatic rings. The molecule has 0 radical (unpaired) electrons. The largest absolute Gasteiger partial charge is 0.438 e. The third kappa shape index (κ3) is 3.95. The molecule has 1 saturated heterocycles. The molecular formula is C22H23F2N3O2. The summed E-state index contributed by atoms with van der Waals surface area (Å²) in [6.07, 6.45) is 1.65. The summed E-state index contributed by atoms with van der Waals surface area (Å²) in [6, 6.07) is 8.75. The number of likely N-dealkylation sites (tertiary alicyclic amines) is 1. The molecule has 2 amide bonds. The molecule has 1 fully saturated rings. The second kappa shape index (κ2) is 7.13. The van der Waals surface area contributed by atoms with Crippen LogP contribution in [0.25, 0.3) is 22.2 Å². The van der Waals surface area contributed by atoms with Gasteiger partial charge in [-0.15, -0.1) is 0 Å². The van der Waals surface area contributed by atoms with Gasteiger partial charge in [-0.05, 0) is 69.0 Å². The number of nitrogens with zero attached hydrogens (tertiary/aromatic N) is 2. The van der Waals surface area contributed by atoms with E-state index in [0.29, 0.717) is 34.7 Å². The van der Waals surface area contributed by atoms with Crippen LogP contribution < -0.4 is 5.32 Å². The van der Waals surface area contributed by atoms with Crippen molar-refractivity contribution in [3.63, 3.8) is 0 Å². The van der Waals surface area contributed by atoms with E-state index in [1.54, 1.807) is 23.1 Å². The van der Waals surface area contributed by atoms with Gasteiger partial charge in [-0.25, -0.2) is 18.6 Å². The van der Waals surface area contributed by atoms with Crippen LogP contribution in [-0.4, -0.2) is 28.0 Å². The molecule has 29 heavy (non-hydrogen) atoms. The lowest BCUT2D eigenvalue weighted by Gasteiger charge is -2.28. The summed E-state index contributed by atoms with van der Waals surface area (Å²) in [5.74, 6) is -1.28. The number of oxazole rings is 1. The summed E-state index contributed by atoms with van der Waals surface area (Å²) in [5, 5.41) is 2.99. The van der Waals surface area contributed by atoms with Crippen molar-refractivity contribution < 1.29 is 18.0 Å². The first-order chi connectivity index (χ1) is 13.7. The highest BCUT2D eigenvalue weighted by atomic mass is 19.2. The van der Waals surface area contributed by atoms with E-state index in [-0.39, 0.29) is 17.6 Å². The summed E-state index contributed by atoms with van der Waals surface area (Å²) < 4.78 is 32.7. The highest BCUT2D eigenvalue weighted by molar-refractivity contribution is 5.81. The molecule has 2 aromatic carbocycles. The number of amides is 2. The molecule has 1 atom stereocenters. The highest BCUT2D eigenvalue weighted by Gasteiger charge is 2.34. The minimum Gasteiger partial charge on any atom is -0.438 e. The normalized spacial score (nSPS) is 17.1. The van der Waals surface area contributed by atoms with E-state index in [2.05, 4.69) is 10.3 Å². The van der Waals surface area contributed by atoms with E-state index in [9.17, 15) is 13.6 Å². The maximum atomic E-state index is 13.6. The number of carbonyl (C=O) groups excluding carboxylic acids is 1. The number of benzene rings is 2. The summed E-state index contributed by atoms with van der Waals surface area (Å²) in [6.45, 7) is 6.46. The average molecular weight is 399 g/mol. The number of fused-ring (bicyclic) bond motifs is 1. The van der Waals surface area contributed by atoms with Crippen LogP contribution in [0.2, 0.25) is 0 Å². The highest BCUT2D eigenvalue weighted by Crippen LogP contribution is 2.34. The predicted octanol–water partition coefficient (Wildman–Crippen LogP) is 5.42. The molecule has 0 spiro atoms. The fourth-order valence-corrected chi connectivity index (χ4v) is 3.60. The summed E-state index contributed by atoms with van der Waals surface area (Å²) in [4.78, 5) is 19.0. The van der Waals surface area contributed by atoms with Crippen molar-refractivity contribution in [2.45, 2.75) is 45.2 Å². The van der Waals surface area contributed by atoms with Crippen molar-refractivity contribution in [1.29, 1.82) is 0 Å². The predicted molar refractivity (Wildman–Crippen MR) is 106 cm³/mol. The number of hydrogen-bond acceptors (Lipinski definition) is 3. The Balaban J connectivity index is 1.63. The minimum absolute atomic E-state index is 0.135. The molecule has 5 nitrogen and oxygen atoms in total. The third-order valence-corrected chi connectivity index (χ3v) is 4.94. The van der Waals surface area contributed by atoms with Crippen molar-refractivity contribution >= 4 is 17.1 Å². The second-order valence-electron chi connectivity index (χ2n) is 8.40. The maximum Gasteiger partial charge on any atom is 0.318 e. The van der Waals surface area contributed by atoms with Crippen LogP contribution >= 0.6 is 0 Å². The van der Waals surface area contributed by atoms with E-state index >= 15 is 0 Å². The summed E-state index contributed by atoms with van der Waals surface area (Å²) in [7, 11) is 0. The number of nitrogens with one attached hydrogen (secondary N) is 1. The van der Waals surface area contributed by atoms with Gasteiger partial charge in [0, 0.05) is 12.1 Å². The summed E-state index contributed by atoms with van der Waals surface area (Å²) in [5.41, 5.74) is 2.15. The molecule has 1 N–H and O–H groups in total. The van der Waals surface area contributed by atoms with Gasteiger partial charge in [-0.1, -0.05) is 12.1 Å². The lowest BCUT2D eigenvalue weighted by Crippen LogP contribution is -2.48. The van der Waals surface area contributed by atoms with Crippen LogP contribution in [0.15, 0.2) is 40.8 Å². The fourth-order valence-electron chi connectivity index (χ4n) is 3.60. The zero-order valence-electron chi connectivity index (χ0n) is 16.6. The Morgan fingerprint density at radius 2 is 1.86 bits per heavy atom. The average Bonchev–Trinajstić information content (AvgIpc) is 3.28. The van der Waals surface area contributed by atoms with E-state index in [1.807, 2.05) is 20.8 Å². The molecule has 0 bridgehead atoms. The Bertz CT molecular complexity index is 1070. The SMILES string of the molecule is CC(C)(C)NC(=O)N1CCC[C@H]1c1nc2cc(-c3ccc(F)c(F)c3)ccc2o1. The molecule has 0 aliphatic carbocycles. The molecule has 4 rings (SSSR count). The molecular weight excluding hydrogens is 376 g/mol. The van der Waals surface area contributed by atoms with Crippen LogP contribution in [0, 0.1) is 11.6 Å². The fraction of sp³-hybridized carbons (Fsp3) is 0.364. The van der Waals surface area contributed by atoms with Crippen LogP contribution in [0.5, 0.6) is 0 Å². The first kappa shape index (κ1) is 19.4. The van der Waals surface area contributed by atoms with E-state index in [4.69, 9.17) is 4.42 Å². The van der Waals surface area contributed by atoms with Crippen molar-refractivity contribution in [1.82, 2.24) is 15.2 Å². The number of aromatic nitrogens is 1. The number of urea groups is 1. The lowest BCUT2D eigenvalue weighted by atomic mass is 10.1. The number of halogens is 2. The number of rotatable bonds is 2. The van der Waals surface area contributed by atoms with Crippen LogP contribution in [0.4, 0.5) is 13.6 Å². The van der Waals surface area contributed by atoms with Crippen molar-refractivity contribution in [2.75, 3.05) is 6.54 Å². The molecule has 1 aliphatic rings. The first-order valence-electron chi connectivity index (χ1n) is 9.66. The van der Waals surface area contributed by atoms with E-state index in [0.717, 1.165) is 25.0 Å². The lowest BCUT2D eigenvalue weighted by molar-refractivity contribution is 0.176. The quantitative estimate of drug-likeness (QED) is 0.626. The van der Waals surface area contributed by atoms with Gasteiger partial charge in [0.1, 0.15) is 11.6 Å². The Morgan fingerprint density at radius 1 is 1.14 bits per heavy atom. The third-order valence-electron chi connectivity index (χ3n) is 4.94. The van der Waals surface area contributed by atoms with Gasteiger partial charge in [0.2, 0.25) is 5.89 Å². The van der Waals surface area contributed by atoms with E-state index in [1.165, 1.54) is 6.07 Å². The Labute approximate surface area is 167 Å². The Morgan fingerprint density at radius 3 is 2.59 bits per heavy atom. The Kier molecular flexibility index (Phi) is 4.76. The number of hydrogen-bond donors (Lipinski definition) is 1. The molecule has 0 unspecified atom stereocenters. The monoisotopic (exact) mass is 399 g/mol. The molecule has 2 heterocycles. The van der Waals surface area contributed by atoms with Crippen LogP contribution in [-0.2, 0) is 0 Å². The van der Waals surface area contributed by atoms with Crippen LogP contribution in [0.1, 0.15) is 45.5 Å². The van der Waals surface area contributed by atoms with Gasteiger partial charge in [-0.3, -0.25) is 0 Å². The van der Waals surface area contributed by atoms with Gasteiger partial charge >= 0.3 is 6.03 Å². The molecule has 0 saturated carbocycles. The smallest absolute Gasteiger partial charge is 0.318 e. The first-order valence-corrected chi connectivity index (χ1v) is 9.66. The standard InChI is InChI=1S/C22H23F2N3O2/c1-22(2,3)26-21(28)27-10-4-5-18(27)20-25-17-12-14(7-9-19(17)29-20)13-6-8-15(23)16(24)11-13/h6-9,11-12,18H,4-5,10H2,1-3H3,(H,26,28)/t18-/m0/s1. The second-order valence-corrected chi connectivity index (χ2v) is 8.40. The van der Waals surface area contributed by atoms with Crippen molar-refractivity contribution in [3.8, 4) is 11.1 Å². The zero-order valence-corrected chi connectivity index (χ0v) is 16.6. The molecule has 152 valence electrons. The van der Waals surface area contributed by atoms with Gasteiger partial charge in [-0.2, -0.15) is 0 Å². The van der Waals surface area contributed by atoms with Gasteiger partial charge in [0.15, 0.2) is 17.2 Å². The Hall–Kier alpha value is -2.96. The van der Waals surface area contributed by atoms with Crippen molar-refractivity contribution in [2.24, 2.45) is 0 Å². The van der Waals surface area contributed by atoms with Crippen molar-refractivity contribution in [3.05, 3.63) is 53.9 Å². The number of carbonyl (C=O) groups is 1. The maximum absolute atomic E-state index is 13.6. The van der Waals surface area contributed by atoms with Gasteiger partial charge in [0.25, 0.3) is 0 Å². The zero-order chi connectivity index (χ0) is 20.8. The topological polar surface area (TPSA) is 58.4 Å². The summed E-state index contributed by atoms with van der Waals surface area (Å²) >= 11 is 0. The minimum atomic E-state index is -0.894.